The van der Waals surface area contributed by atoms with Crippen LogP contribution in [0.1, 0.15) is 44.8 Å². The molecular weight excluding hydrogens is 264 g/mol. The molecule has 0 aromatic carbocycles. The van der Waals surface area contributed by atoms with E-state index in [1.807, 2.05) is 0 Å². The molecule has 0 bridgehead atoms. The SMILES string of the molecule is Cc1cc(CN2CC(C)OC(C)C2)oc1CNCC(C)C. The van der Waals surface area contributed by atoms with Gasteiger partial charge >= 0.3 is 0 Å². The standard InChI is InChI=1S/C17H30N2O2/c1-12(2)7-18-8-17-13(3)6-16(21-17)11-19-9-14(4)20-15(5)10-19/h6,12,14-15,18H,7-11H2,1-5H3. The van der Waals surface area contributed by atoms with Gasteiger partial charge in [-0.15, -0.1) is 0 Å². The molecule has 2 rings (SSSR count). The van der Waals surface area contributed by atoms with E-state index in [-0.39, 0.29) is 0 Å². The van der Waals surface area contributed by atoms with Crippen LogP contribution in [0.4, 0.5) is 0 Å². The number of hydrogen-bond acceptors (Lipinski definition) is 4. The number of hydrogen-bond donors (Lipinski definition) is 1. The van der Waals surface area contributed by atoms with Crippen molar-refractivity contribution in [2.75, 3.05) is 19.6 Å². The van der Waals surface area contributed by atoms with Gasteiger partial charge in [-0.05, 0) is 44.9 Å². The Kier molecular flexibility index (Phi) is 5.85. The van der Waals surface area contributed by atoms with Crippen LogP contribution in [0.15, 0.2) is 10.5 Å². The van der Waals surface area contributed by atoms with Gasteiger partial charge in [0.25, 0.3) is 0 Å². The van der Waals surface area contributed by atoms with E-state index in [0.717, 1.165) is 44.2 Å². The van der Waals surface area contributed by atoms with Gasteiger partial charge in [0.15, 0.2) is 0 Å². The molecule has 1 fully saturated rings. The molecule has 21 heavy (non-hydrogen) atoms. The van der Waals surface area contributed by atoms with Crippen LogP contribution >= 0.6 is 0 Å². The fourth-order valence-electron chi connectivity index (χ4n) is 2.95. The van der Waals surface area contributed by atoms with E-state index in [1.165, 1.54) is 5.56 Å². The molecule has 0 saturated carbocycles. The summed E-state index contributed by atoms with van der Waals surface area (Å²) in [6, 6.07) is 2.18. The van der Waals surface area contributed by atoms with E-state index >= 15 is 0 Å². The molecule has 0 aliphatic carbocycles. The van der Waals surface area contributed by atoms with Crippen molar-refractivity contribution in [1.82, 2.24) is 10.2 Å². The van der Waals surface area contributed by atoms with E-state index in [9.17, 15) is 0 Å². The average molecular weight is 294 g/mol. The summed E-state index contributed by atoms with van der Waals surface area (Å²) in [6.07, 6.45) is 0.606. The van der Waals surface area contributed by atoms with Crippen LogP contribution in [0.25, 0.3) is 0 Å². The zero-order valence-electron chi connectivity index (χ0n) is 14.1. The zero-order chi connectivity index (χ0) is 15.4. The van der Waals surface area contributed by atoms with Crippen molar-refractivity contribution in [1.29, 1.82) is 0 Å². The minimum atomic E-state index is 0.303. The molecule has 2 unspecified atom stereocenters. The van der Waals surface area contributed by atoms with Crippen molar-refractivity contribution < 1.29 is 9.15 Å². The van der Waals surface area contributed by atoms with Crippen LogP contribution in [0.3, 0.4) is 0 Å². The predicted octanol–water partition coefficient (Wildman–Crippen LogP) is 2.94. The topological polar surface area (TPSA) is 37.6 Å². The first-order valence-electron chi connectivity index (χ1n) is 8.10. The first-order chi connectivity index (χ1) is 9.94. The molecule has 2 atom stereocenters. The molecule has 1 aliphatic rings. The van der Waals surface area contributed by atoms with Crippen LogP contribution in [0.2, 0.25) is 0 Å². The van der Waals surface area contributed by atoms with Crippen molar-refractivity contribution in [3.05, 3.63) is 23.2 Å². The van der Waals surface area contributed by atoms with E-state index in [2.05, 4.69) is 50.9 Å². The van der Waals surface area contributed by atoms with Crippen molar-refractivity contribution in [2.24, 2.45) is 5.92 Å². The van der Waals surface area contributed by atoms with Gasteiger partial charge in [0.2, 0.25) is 0 Å². The highest BCUT2D eigenvalue weighted by atomic mass is 16.5. The Bertz CT molecular complexity index is 432. The molecule has 120 valence electrons. The Morgan fingerprint density at radius 3 is 2.57 bits per heavy atom. The van der Waals surface area contributed by atoms with E-state index in [1.54, 1.807) is 0 Å². The zero-order valence-corrected chi connectivity index (χ0v) is 14.1. The van der Waals surface area contributed by atoms with Crippen LogP contribution in [-0.2, 0) is 17.8 Å². The lowest BCUT2D eigenvalue weighted by Gasteiger charge is -2.34. The summed E-state index contributed by atoms with van der Waals surface area (Å²) >= 11 is 0. The monoisotopic (exact) mass is 294 g/mol. The third kappa shape index (κ3) is 5.13. The Labute approximate surface area is 128 Å². The number of nitrogens with zero attached hydrogens (tertiary/aromatic N) is 1. The highest BCUT2D eigenvalue weighted by molar-refractivity contribution is 5.20. The first kappa shape index (κ1) is 16.5. The molecule has 1 N–H and O–H groups in total. The first-order valence-corrected chi connectivity index (χ1v) is 8.10. The Balaban J connectivity index is 1.89. The third-order valence-electron chi connectivity index (χ3n) is 3.78. The quantitative estimate of drug-likeness (QED) is 0.875. The van der Waals surface area contributed by atoms with Crippen molar-refractivity contribution in [2.45, 2.75) is 59.9 Å². The van der Waals surface area contributed by atoms with Gasteiger partial charge in [-0.2, -0.15) is 0 Å². The molecule has 1 aromatic rings. The lowest BCUT2D eigenvalue weighted by Crippen LogP contribution is -2.44. The van der Waals surface area contributed by atoms with E-state index in [4.69, 9.17) is 9.15 Å². The fourth-order valence-corrected chi connectivity index (χ4v) is 2.95. The second kappa shape index (κ2) is 7.43. The minimum absolute atomic E-state index is 0.303. The number of morpholine rings is 1. The maximum absolute atomic E-state index is 6.02. The number of nitrogens with one attached hydrogen (secondary N) is 1. The third-order valence-corrected chi connectivity index (χ3v) is 3.78. The normalized spacial score (nSPS) is 23.9. The van der Waals surface area contributed by atoms with Crippen molar-refractivity contribution in [3.8, 4) is 0 Å². The number of furan rings is 1. The van der Waals surface area contributed by atoms with Gasteiger partial charge < -0.3 is 14.5 Å². The molecule has 1 saturated heterocycles. The van der Waals surface area contributed by atoms with E-state index < -0.39 is 0 Å². The highest BCUT2D eigenvalue weighted by Crippen LogP contribution is 2.19. The highest BCUT2D eigenvalue weighted by Gasteiger charge is 2.23. The van der Waals surface area contributed by atoms with E-state index in [0.29, 0.717) is 18.1 Å². The molecular formula is C17H30N2O2. The minimum Gasteiger partial charge on any atom is -0.463 e. The molecule has 4 heteroatoms. The second-order valence-corrected chi connectivity index (χ2v) is 6.80. The molecule has 0 radical (unpaired) electrons. The lowest BCUT2D eigenvalue weighted by atomic mass is 10.2. The maximum atomic E-state index is 6.02. The summed E-state index contributed by atoms with van der Waals surface area (Å²) < 4.78 is 11.8. The van der Waals surface area contributed by atoms with Gasteiger partial charge in [-0.25, -0.2) is 0 Å². The fraction of sp³-hybridized carbons (Fsp3) is 0.765. The summed E-state index contributed by atoms with van der Waals surface area (Å²) in [7, 11) is 0. The van der Waals surface area contributed by atoms with Gasteiger partial charge in [0.05, 0.1) is 25.3 Å². The largest absolute Gasteiger partial charge is 0.463 e. The van der Waals surface area contributed by atoms with Gasteiger partial charge in [-0.1, -0.05) is 13.8 Å². The molecule has 2 heterocycles. The number of aryl methyl sites for hydroxylation is 1. The number of rotatable bonds is 6. The molecule has 0 spiro atoms. The summed E-state index contributed by atoms with van der Waals surface area (Å²) in [6.45, 7) is 15.5. The van der Waals surface area contributed by atoms with Crippen molar-refractivity contribution >= 4 is 0 Å². The summed E-state index contributed by atoms with van der Waals surface area (Å²) in [5, 5.41) is 3.45. The Morgan fingerprint density at radius 2 is 1.95 bits per heavy atom. The summed E-state index contributed by atoms with van der Waals surface area (Å²) in [4.78, 5) is 2.42. The molecule has 0 amide bonds. The van der Waals surface area contributed by atoms with Crippen LogP contribution in [-0.4, -0.2) is 36.7 Å². The average Bonchev–Trinajstić information content (AvgIpc) is 2.67. The maximum Gasteiger partial charge on any atom is 0.120 e. The van der Waals surface area contributed by atoms with Crippen LogP contribution in [0, 0.1) is 12.8 Å². The van der Waals surface area contributed by atoms with Crippen LogP contribution < -0.4 is 5.32 Å². The molecule has 4 nitrogen and oxygen atoms in total. The molecule has 1 aromatic heterocycles. The van der Waals surface area contributed by atoms with Gasteiger partial charge in [0.1, 0.15) is 11.5 Å². The molecule has 1 aliphatic heterocycles. The predicted molar refractivity (Wildman–Crippen MR) is 85.3 cm³/mol. The summed E-state index contributed by atoms with van der Waals surface area (Å²) in [5.41, 5.74) is 1.25. The van der Waals surface area contributed by atoms with Gasteiger partial charge in [-0.3, -0.25) is 4.90 Å². The summed E-state index contributed by atoms with van der Waals surface area (Å²) in [5.74, 6) is 2.80. The van der Waals surface area contributed by atoms with Crippen molar-refractivity contribution in [3.63, 3.8) is 0 Å². The Morgan fingerprint density at radius 1 is 1.29 bits per heavy atom. The Hall–Kier alpha value is -0.840. The van der Waals surface area contributed by atoms with Gasteiger partial charge in [0, 0.05) is 13.1 Å². The number of ether oxygens (including phenoxy) is 1. The second-order valence-electron chi connectivity index (χ2n) is 6.80. The van der Waals surface area contributed by atoms with Crippen LogP contribution in [0.5, 0.6) is 0 Å². The smallest absolute Gasteiger partial charge is 0.120 e. The lowest BCUT2D eigenvalue weighted by molar-refractivity contribution is -0.0718.